The van der Waals surface area contributed by atoms with Crippen LogP contribution in [0.25, 0.3) is 0 Å². The maximum atomic E-state index is 13.3. The van der Waals surface area contributed by atoms with Crippen LogP contribution in [-0.2, 0) is 21.4 Å². The minimum Gasteiger partial charge on any atom is -0.493 e. The summed E-state index contributed by atoms with van der Waals surface area (Å²) >= 11 is 12.0. The highest BCUT2D eigenvalue weighted by Crippen LogP contribution is 2.27. The van der Waals surface area contributed by atoms with Gasteiger partial charge in [0.05, 0.1) is 31.9 Å². The third-order valence-electron chi connectivity index (χ3n) is 4.83. The zero-order valence-corrected chi connectivity index (χ0v) is 21.3. The second-order valence-electron chi connectivity index (χ2n) is 7.26. The second-order valence-corrected chi connectivity index (χ2v) is 10.1. The Bertz CT molecular complexity index is 1310. The van der Waals surface area contributed by atoms with E-state index in [1.807, 2.05) is 0 Å². The Morgan fingerprint density at radius 2 is 1.69 bits per heavy atom. The summed E-state index contributed by atoms with van der Waals surface area (Å²) < 4.78 is 38.1. The molecular weight excluding hydrogens is 513 g/mol. The van der Waals surface area contributed by atoms with Crippen molar-refractivity contribution >= 4 is 45.3 Å². The number of carbonyl (C=O) groups is 1. The van der Waals surface area contributed by atoms with Crippen LogP contribution in [0.3, 0.4) is 0 Å². The van der Waals surface area contributed by atoms with Crippen molar-refractivity contribution < 1.29 is 22.7 Å². The molecule has 1 amide bonds. The fourth-order valence-corrected chi connectivity index (χ4v) is 4.85. The molecule has 0 saturated heterocycles. The number of hydrogen-bond acceptors (Lipinski definition) is 6. The molecule has 0 atom stereocenters. The highest BCUT2D eigenvalue weighted by molar-refractivity contribution is 7.89. The normalized spacial score (nSPS) is 11.6. The summed E-state index contributed by atoms with van der Waals surface area (Å²) in [5.41, 5.74) is 3.63. The van der Waals surface area contributed by atoms with Crippen molar-refractivity contribution in [2.24, 2.45) is 5.10 Å². The first-order chi connectivity index (χ1) is 16.7. The molecular formula is C24H23Cl2N3O5S. The SMILES string of the molecule is COc1ccc(/C=N\NC(=O)CN(Cc2cccc(Cl)c2)S(=O)(=O)c2ccc(Cl)cc2)cc1OC. The van der Waals surface area contributed by atoms with Gasteiger partial charge in [0.1, 0.15) is 0 Å². The molecule has 0 aliphatic carbocycles. The van der Waals surface area contributed by atoms with E-state index in [2.05, 4.69) is 10.5 Å². The summed E-state index contributed by atoms with van der Waals surface area (Å²) in [5, 5.41) is 4.78. The zero-order chi connectivity index (χ0) is 25.4. The van der Waals surface area contributed by atoms with E-state index in [4.69, 9.17) is 32.7 Å². The quantitative estimate of drug-likeness (QED) is 0.307. The van der Waals surface area contributed by atoms with Gasteiger partial charge in [0.25, 0.3) is 5.91 Å². The van der Waals surface area contributed by atoms with Gasteiger partial charge in [-0.2, -0.15) is 9.41 Å². The standard InChI is InChI=1S/C24H23Cl2N3O5S/c1-33-22-11-6-17(13-23(22)34-2)14-27-28-24(30)16-29(15-18-4-3-5-20(26)12-18)35(31,32)21-9-7-19(25)8-10-21/h3-14H,15-16H2,1-2H3,(H,28,30)/b27-14-. The van der Waals surface area contributed by atoms with Crippen LogP contribution in [0.2, 0.25) is 10.0 Å². The van der Waals surface area contributed by atoms with E-state index in [9.17, 15) is 13.2 Å². The Balaban J connectivity index is 1.78. The van der Waals surface area contributed by atoms with Gasteiger partial charge >= 0.3 is 0 Å². The molecule has 3 rings (SSSR count). The monoisotopic (exact) mass is 535 g/mol. The number of benzene rings is 3. The third kappa shape index (κ3) is 7.19. The maximum absolute atomic E-state index is 13.3. The van der Waals surface area contributed by atoms with Gasteiger partial charge in [-0.1, -0.05) is 35.3 Å². The Morgan fingerprint density at radius 1 is 0.971 bits per heavy atom. The van der Waals surface area contributed by atoms with Crippen LogP contribution in [0.15, 0.2) is 76.7 Å². The number of hydrogen-bond donors (Lipinski definition) is 1. The highest BCUT2D eigenvalue weighted by Gasteiger charge is 2.27. The van der Waals surface area contributed by atoms with Gasteiger partial charge in [-0.05, 0) is 65.7 Å². The van der Waals surface area contributed by atoms with Gasteiger partial charge in [-0.3, -0.25) is 4.79 Å². The fourth-order valence-electron chi connectivity index (χ4n) is 3.13. The average Bonchev–Trinajstić information content (AvgIpc) is 2.84. The van der Waals surface area contributed by atoms with E-state index < -0.39 is 22.5 Å². The minimum atomic E-state index is -4.03. The number of carbonyl (C=O) groups excluding carboxylic acids is 1. The molecule has 0 radical (unpaired) electrons. The van der Waals surface area contributed by atoms with Crippen molar-refractivity contribution in [1.29, 1.82) is 0 Å². The molecule has 0 bridgehead atoms. The van der Waals surface area contributed by atoms with E-state index in [0.29, 0.717) is 32.7 Å². The van der Waals surface area contributed by atoms with Gasteiger partial charge in [0.15, 0.2) is 11.5 Å². The van der Waals surface area contributed by atoms with Crippen LogP contribution < -0.4 is 14.9 Å². The number of sulfonamides is 1. The largest absolute Gasteiger partial charge is 0.493 e. The molecule has 0 spiro atoms. The van der Waals surface area contributed by atoms with E-state index in [1.165, 1.54) is 44.7 Å². The van der Waals surface area contributed by atoms with E-state index in [1.54, 1.807) is 42.5 Å². The van der Waals surface area contributed by atoms with Gasteiger partial charge in [0, 0.05) is 16.6 Å². The van der Waals surface area contributed by atoms with Gasteiger partial charge < -0.3 is 9.47 Å². The van der Waals surface area contributed by atoms with Crippen LogP contribution in [0.4, 0.5) is 0 Å². The summed E-state index contributed by atoms with van der Waals surface area (Å²) in [5.74, 6) is 0.434. The molecule has 8 nitrogen and oxygen atoms in total. The average molecular weight is 536 g/mol. The number of amides is 1. The first kappa shape index (κ1) is 26.5. The summed E-state index contributed by atoms with van der Waals surface area (Å²) in [4.78, 5) is 12.6. The van der Waals surface area contributed by atoms with Crippen molar-refractivity contribution in [3.05, 3.63) is 87.9 Å². The predicted octanol–water partition coefficient (Wildman–Crippen LogP) is 4.35. The molecule has 184 valence electrons. The summed E-state index contributed by atoms with van der Waals surface area (Å²) in [6, 6.07) is 17.6. The van der Waals surface area contributed by atoms with Crippen LogP contribution >= 0.6 is 23.2 Å². The number of nitrogens with zero attached hydrogens (tertiary/aromatic N) is 2. The van der Waals surface area contributed by atoms with Crippen LogP contribution in [-0.4, -0.2) is 45.6 Å². The number of nitrogens with one attached hydrogen (secondary N) is 1. The molecule has 0 heterocycles. The Morgan fingerprint density at radius 3 is 2.34 bits per heavy atom. The molecule has 11 heteroatoms. The zero-order valence-electron chi connectivity index (χ0n) is 18.9. The van der Waals surface area contributed by atoms with Gasteiger partial charge in [0.2, 0.25) is 10.0 Å². The molecule has 3 aromatic carbocycles. The van der Waals surface area contributed by atoms with Gasteiger partial charge in [-0.25, -0.2) is 13.8 Å². The molecule has 0 aromatic heterocycles. The molecule has 3 aromatic rings. The van der Waals surface area contributed by atoms with Crippen molar-refractivity contribution in [3.63, 3.8) is 0 Å². The molecule has 0 saturated carbocycles. The Hall–Kier alpha value is -3.11. The first-order valence-electron chi connectivity index (χ1n) is 10.3. The summed E-state index contributed by atoms with van der Waals surface area (Å²) in [7, 11) is -0.992. The van der Waals surface area contributed by atoms with Gasteiger partial charge in [-0.15, -0.1) is 0 Å². The lowest BCUT2D eigenvalue weighted by atomic mass is 10.2. The van der Waals surface area contributed by atoms with Crippen LogP contribution in [0, 0.1) is 0 Å². The van der Waals surface area contributed by atoms with Crippen molar-refractivity contribution in [2.45, 2.75) is 11.4 Å². The van der Waals surface area contributed by atoms with Crippen molar-refractivity contribution in [3.8, 4) is 11.5 Å². The number of methoxy groups -OCH3 is 2. The Kier molecular flexibility index (Phi) is 9.11. The predicted molar refractivity (Wildman–Crippen MR) is 136 cm³/mol. The molecule has 0 fully saturated rings. The Labute approximate surface area is 214 Å². The molecule has 0 aliphatic heterocycles. The van der Waals surface area contributed by atoms with E-state index in [-0.39, 0.29) is 11.4 Å². The first-order valence-corrected chi connectivity index (χ1v) is 12.5. The number of rotatable bonds is 10. The lowest BCUT2D eigenvalue weighted by Crippen LogP contribution is -2.39. The molecule has 35 heavy (non-hydrogen) atoms. The lowest BCUT2D eigenvalue weighted by Gasteiger charge is -2.21. The minimum absolute atomic E-state index is 0.00515. The van der Waals surface area contributed by atoms with Crippen molar-refractivity contribution in [2.75, 3.05) is 20.8 Å². The van der Waals surface area contributed by atoms with Crippen LogP contribution in [0.1, 0.15) is 11.1 Å². The second kappa shape index (κ2) is 12.0. The number of halogens is 2. The van der Waals surface area contributed by atoms with Crippen molar-refractivity contribution in [1.82, 2.24) is 9.73 Å². The molecule has 0 aliphatic rings. The lowest BCUT2D eigenvalue weighted by molar-refractivity contribution is -0.121. The van der Waals surface area contributed by atoms with E-state index >= 15 is 0 Å². The topological polar surface area (TPSA) is 97.3 Å². The summed E-state index contributed by atoms with van der Waals surface area (Å²) in [6.07, 6.45) is 1.41. The number of hydrazone groups is 1. The van der Waals surface area contributed by atoms with E-state index in [0.717, 1.165) is 4.31 Å². The van der Waals surface area contributed by atoms with Crippen LogP contribution in [0.5, 0.6) is 11.5 Å². The third-order valence-corrected chi connectivity index (χ3v) is 7.12. The summed E-state index contributed by atoms with van der Waals surface area (Å²) in [6.45, 7) is -0.543. The number of ether oxygens (including phenoxy) is 2. The fraction of sp³-hybridized carbons (Fsp3) is 0.167. The highest BCUT2D eigenvalue weighted by atomic mass is 35.5. The maximum Gasteiger partial charge on any atom is 0.255 e. The molecule has 1 N–H and O–H groups in total. The molecule has 0 unspecified atom stereocenters. The smallest absolute Gasteiger partial charge is 0.255 e.